The first kappa shape index (κ1) is 22.7. The minimum absolute atomic E-state index is 0.0962. The van der Waals surface area contributed by atoms with Crippen molar-refractivity contribution in [2.45, 2.75) is 32.1 Å². The number of para-hydroxylation sites is 1. The third kappa shape index (κ3) is 7.77. The number of benzene rings is 2. The molecule has 5 nitrogen and oxygen atoms in total. The molecule has 0 aliphatic heterocycles. The van der Waals surface area contributed by atoms with Crippen LogP contribution >= 0.6 is 23.2 Å². The number of carbonyl (C=O) groups is 2. The molecule has 0 heterocycles. The number of anilines is 1. The summed E-state index contributed by atoms with van der Waals surface area (Å²) >= 11 is 11.9. The second-order valence-corrected chi connectivity index (χ2v) is 7.31. The Morgan fingerprint density at radius 2 is 1.79 bits per heavy atom. The minimum Gasteiger partial charge on any atom is -0.356 e. The van der Waals surface area contributed by atoms with Crippen LogP contribution < -0.4 is 10.2 Å². The van der Waals surface area contributed by atoms with Crippen molar-refractivity contribution in [2.75, 3.05) is 18.0 Å². The summed E-state index contributed by atoms with van der Waals surface area (Å²) in [4.78, 5) is 26.2. The predicted molar refractivity (Wildman–Crippen MR) is 116 cm³/mol. The van der Waals surface area contributed by atoms with Crippen molar-refractivity contribution < 1.29 is 9.59 Å². The average Bonchev–Trinajstić information content (AvgIpc) is 2.73. The molecule has 7 heteroatoms. The van der Waals surface area contributed by atoms with Gasteiger partial charge in [-0.1, -0.05) is 47.5 Å². The fraction of sp³-hybridized carbons (Fsp3) is 0.318. The number of hydrogen-bond acceptors (Lipinski definition) is 3. The molecule has 0 unspecified atom stereocenters. The maximum absolute atomic E-state index is 12.5. The van der Waals surface area contributed by atoms with Gasteiger partial charge < -0.3 is 10.2 Å². The molecule has 0 fully saturated rings. The molecule has 2 aromatic rings. The molecule has 0 saturated carbocycles. The van der Waals surface area contributed by atoms with Crippen molar-refractivity contribution in [3.63, 3.8) is 0 Å². The Hall–Kier alpha value is -2.55. The lowest BCUT2D eigenvalue weighted by Gasteiger charge is -2.21. The van der Waals surface area contributed by atoms with Gasteiger partial charge >= 0.3 is 0 Å². The average molecular weight is 432 g/mol. The number of nitrogens with one attached hydrogen (secondary N) is 1. The van der Waals surface area contributed by atoms with Crippen LogP contribution in [0.4, 0.5) is 5.69 Å². The molecule has 0 aliphatic rings. The summed E-state index contributed by atoms with van der Waals surface area (Å²) in [5.41, 5.74) is 1.79. The maximum atomic E-state index is 12.5. The molecule has 0 aromatic heterocycles. The van der Waals surface area contributed by atoms with Crippen LogP contribution in [0.15, 0.2) is 48.5 Å². The molecular weight excluding hydrogens is 409 g/mol. The topological polar surface area (TPSA) is 73.2 Å². The van der Waals surface area contributed by atoms with Gasteiger partial charge in [0, 0.05) is 31.6 Å². The van der Waals surface area contributed by atoms with E-state index in [0.29, 0.717) is 23.1 Å². The van der Waals surface area contributed by atoms with Gasteiger partial charge in [0.25, 0.3) is 0 Å². The molecule has 152 valence electrons. The highest BCUT2D eigenvalue weighted by Gasteiger charge is 2.16. The Morgan fingerprint density at radius 3 is 2.48 bits per heavy atom. The normalized spacial score (nSPS) is 10.2. The zero-order valence-electron chi connectivity index (χ0n) is 16.0. The quantitative estimate of drug-likeness (QED) is 0.550. The number of nitrogens with zero attached hydrogens (tertiary/aromatic N) is 2. The van der Waals surface area contributed by atoms with Gasteiger partial charge in [-0.15, -0.1) is 0 Å². The van der Waals surface area contributed by atoms with E-state index in [1.165, 1.54) is 0 Å². The van der Waals surface area contributed by atoms with Crippen LogP contribution in [0, 0.1) is 11.3 Å². The largest absolute Gasteiger partial charge is 0.356 e. The van der Waals surface area contributed by atoms with Gasteiger partial charge in [0.05, 0.1) is 22.5 Å². The monoisotopic (exact) mass is 431 g/mol. The lowest BCUT2D eigenvalue weighted by Crippen LogP contribution is -2.33. The summed E-state index contributed by atoms with van der Waals surface area (Å²) in [5.74, 6) is -0.335. The van der Waals surface area contributed by atoms with E-state index in [1.54, 1.807) is 11.0 Å². The van der Waals surface area contributed by atoms with Gasteiger partial charge in [0.2, 0.25) is 11.8 Å². The van der Waals surface area contributed by atoms with E-state index in [4.69, 9.17) is 28.5 Å². The number of carbonyl (C=O) groups excluding carboxylic acids is 2. The van der Waals surface area contributed by atoms with Crippen molar-refractivity contribution in [1.29, 1.82) is 5.26 Å². The van der Waals surface area contributed by atoms with Crippen molar-refractivity contribution in [1.82, 2.24) is 5.32 Å². The van der Waals surface area contributed by atoms with E-state index in [-0.39, 0.29) is 31.1 Å². The Bertz CT molecular complexity index is 866. The standard InChI is InChI=1S/C22H23Cl2N3O2/c23-19-10-9-17(16-20(19)24)6-4-14-26-21(28)11-12-22(29)27(15-5-13-25)18-7-2-1-3-8-18/h1-3,7-10,16H,4-6,11-12,14-15H2,(H,26,28). The van der Waals surface area contributed by atoms with Crippen LogP contribution in [0.25, 0.3) is 0 Å². The van der Waals surface area contributed by atoms with Crippen molar-refractivity contribution in [3.05, 3.63) is 64.1 Å². The number of nitriles is 1. The van der Waals surface area contributed by atoms with Crippen molar-refractivity contribution >= 4 is 40.7 Å². The zero-order valence-corrected chi connectivity index (χ0v) is 17.5. The molecule has 2 amide bonds. The first-order valence-corrected chi connectivity index (χ1v) is 10.2. The van der Waals surface area contributed by atoms with Crippen LogP contribution in [-0.2, 0) is 16.0 Å². The number of hydrogen-bond donors (Lipinski definition) is 1. The van der Waals surface area contributed by atoms with Crippen LogP contribution in [0.5, 0.6) is 0 Å². The van der Waals surface area contributed by atoms with Gasteiger partial charge in [-0.05, 0) is 42.7 Å². The molecule has 2 aromatic carbocycles. The number of amides is 2. The Balaban J connectivity index is 1.74. The molecule has 0 saturated heterocycles. The fourth-order valence-electron chi connectivity index (χ4n) is 2.83. The van der Waals surface area contributed by atoms with Crippen LogP contribution in [0.2, 0.25) is 10.0 Å². The van der Waals surface area contributed by atoms with E-state index >= 15 is 0 Å². The van der Waals surface area contributed by atoms with Gasteiger partial charge in [-0.2, -0.15) is 5.26 Å². The Kier molecular flexibility index (Phi) is 9.49. The van der Waals surface area contributed by atoms with Gasteiger partial charge in [0.15, 0.2) is 0 Å². The zero-order chi connectivity index (χ0) is 21.1. The predicted octanol–water partition coefficient (Wildman–Crippen LogP) is 4.77. The summed E-state index contributed by atoms with van der Waals surface area (Å²) in [5, 5.41) is 12.7. The summed E-state index contributed by atoms with van der Waals surface area (Å²) in [6.45, 7) is 0.828. The molecule has 29 heavy (non-hydrogen) atoms. The van der Waals surface area contributed by atoms with Gasteiger partial charge in [-0.25, -0.2) is 0 Å². The SMILES string of the molecule is N#CCCN(C(=O)CCC(=O)NCCCc1ccc(Cl)c(Cl)c1)c1ccccc1. The molecule has 1 N–H and O–H groups in total. The maximum Gasteiger partial charge on any atom is 0.227 e. The first-order chi connectivity index (χ1) is 14.0. The molecule has 2 rings (SSSR count). The summed E-state index contributed by atoms with van der Waals surface area (Å²) in [6.07, 6.45) is 1.98. The number of rotatable bonds is 10. The van der Waals surface area contributed by atoms with E-state index in [0.717, 1.165) is 24.1 Å². The molecular formula is C22H23Cl2N3O2. The highest BCUT2D eigenvalue weighted by Crippen LogP contribution is 2.23. The van der Waals surface area contributed by atoms with Crippen LogP contribution in [0.3, 0.4) is 0 Å². The molecule has 0 bridgehead atoms. The van der Waals surface area contributed by atoms with Crippen molar-refractivity contribution in [2.24, 2.45) is 0 Å². The van der Waals surface area contributed by atoms with Gasteiger partial charge in [0.1, 0.15) is 0 Å². The molecule has 0 atom stereocenters. The number of aryl methyl sites for hydroxylation is 1. The first-order valence-electron chi connectivity index (χ1n) is 9.44. The van der Waals surface area contributed by atoms with E-state index in [1.807, 2.05) is 42.5 Å². The second kappa shape index (κ2) is 12.1. The smallest absolute Gasteiger partial charge is 0.227 e. The van der Waals surface area contributed by atoms with E-state index < -0.39 is 0 Å². The summed E-state index contributed by atoms with van der Waals surface area (Å²) < 4.78 is 0. The minimum atomic E-state index is -0.169. The lowest BCUT2D eigenvalue weighted by molar-refractivity contribution is -0.125. The van der Waals surface area contributed by atoms with Crippen molar-refractivity contribution in [3.8, 4) is 6.07 Å². The number of halogens is 2. The molecule has 0 radical (unpaired) electrons. The fourth-order valence-corrected chi connectivity index (χ4v) is 3.15. The van der Waals surface area contributed by atoms with Gasteiger partial charge in [-0.3, -0.25) is 9.59 Å². The van der Waals surface area contributed by atoms with E-state index in [9.17, 15) is 9.59 Å². The third-order valence-electron chi connectivity index (χ3n) is 4.33. The highest BCUT2D eigenvalue weighted by atomic mass is 35.5. The lowest BCUT2D eigenvalue weighted by atomic mass is 10.1. The van der Waals surface area contributed by atoms with Crippen LogP contribution in [0.1, 0.15) is 31.2 Å². The van der Waals surface area contributed by atoms with Crippen LogP contribution in [-0.4, -0.2) is 24.9 Å². The Labute approximate surface area is 181 Å². The Morgan fingerprint density at radius 1 is 1.03 bits per heavy atom. The summed E-state index contributed by atoms with van der Waals surface area (Å²) in [6, 6.07) is 16.7. The molecule has 0 spiro atoms. The summed E-state index contributed by atoms with van der Waals surface area (Å²) in [7, 11) is 0. The van der Waals surface area contributed by atoms with E-state index in [2.05, 4.69) is 11.4 Å². The molecule has 0 aliphatic carbocycles. The highest BCUT2D eigenvalue weighted by molar-refractivity contribution is 6.42. The second-order valence-electron chi connectivity index (χ2n) is 6.49. The third-order valence-corrected chi connectivity index (χ3v) is 5.07.